The number of allylic oxidation sites excluding steroid dienone is 1. The zero-order valence-electron chi connectivity index (χ0n) is 13.6. The fourth-order valence-corrected chi connectivity index (χ4v) is 2.94. The van der Waals surface area contributed by atoms with Crippen LogP contribution in [0.5, 0.6) is 0 Å². The summed E-state index contributed by atoms with van der Waals surface area (Å²) in [7, 11) is 1.47. The Bertz CT molecular complexity index is 1130. The Hall–Kier alpha value is -3.10. The van der Waals surface area contributed by atoms with Gasteiger partial charge < -0.3 is 9.67 Å². The quantitative estimate of drug-likeness (QED) is 0.680. The molecule has 9 heteroatoms. The maximum absolute atomic E-state index is 12.7. The molecule has 24 heavy (non-hydrogen) atoms. The van der Waals surface area contributed by atoms with E-state index < -0.39 is 23.8 Å². The SMILES string of the molecule is C=CCn1c(C)c(C)n2c3c(=O)n(CC(=O)O)c(=O)n(C)c3nc12. The van der Waals surface area contributed by atoms with Crippen LogP contribution >= 0.6 is 0 Å². The third-order valence-electron chi connectivity index (χ3n) is 4.23. The van der Waals surface area contributed by atoms with Crippen LogP contribution in [-0.4, -0.2) is 34.2 Å². The first-order valence-corrected chi connectivity index (χ1v) is 7.30. The molecule has 126 valence electrons. The molecule has 0 aliphatic carbocycles. The van der Waals surface area contributed by atoms with Crippen molar-refractivity contribution in [1.82, 2.24) is 23.1 Å². The van der Waals surface area contributed by atoms with Gasteiger partial charge in [-0.25, -0.2) is 9.36 Å². The van der Waals surface area contributed by atoms with Gasteiger partial charge in [-0.2, -0.15) is 4.98 Å². The smallest absolute Gasteiger partial charge is 0.333 e. The van der Waals surface area contributed by atoms with E-state index in [0.717, 1.165) is 11.4 Å². The number of carboxylic acids is 1. The highest BCUT2D eigenvalue weighted by molar-refractivity contribution is 5.77. The number of fused-ring (bicyclic) bond motifs is 3. The number of hydrogen-bond donors (Lipinski definition) is 1. The lowest BCUT2D eigenvalue weighted by atomic mass is 10.3. The fourth-order valence-electron chi connectivity index (χ4n) is 2.94. The van der Waals surface area contributed by atoms with Crippen molar-refractivity contribution < 1.29 is 9.90 Å². The van der Waals surface area contributed by atoms with Crippen LogP contribution in [0.3, 0.4) is 0 Å². The van der Waals surface area contributed by atoms with E-state index in [0.29, 0.717) is 16.9 Å². The molecule has 3 aromatic heterocycles. The van der Waals surface area contributed by atoms with Crippen LogP contribution in [0.1, 0.15) is 11.4 Å². The predicted molar refractivity (Wildman–Crippen MR) is 87.5 cm³/mol. The minimum Gasteiger partial charge on any atom is -0.480 e. The number of rotatable bonds is 4. The van der Waals surface area contributed by atoms with Crippen LogP contribution in [0, 0.1) is 13.8 Å². The van der Waals surface area contributed by atoms with Crippen molar-refractivity contribution in [2.75, 3.05) is 0 Å². The Kier molecular flexibility index (Phi) is 3.43. The van der Waals surface area contributed by atoms with Crippen molar-refractivity contribution in [1.29, 1.82) is 0 Å². The average molecular weight is 331 g/mol. The van der Waals surface area contributed by atoms with Gasteiger partial charge in [0.1, 0.15) is 6.54 Å². The number of nitrogens with zero attached hydrogens (tertiary/aromatic N) is 5. The van der Waals surface area contributed by atoms with Crippen LogP contribution in [0.2, 0.25) is 0 Å². The summed E-state index contributed by atoms with van der Waals surface area (Å²) < 4.78 is 5.44. The molecule has 0 unspecified atom stereocenters. The summed E-state index contributed by atoms with van der Waals surface area (Å²) in [5, 5.41) is 8.97. The summed E-state index contributed by atoms with van der Waals surface area (Å²) in [6.45, 7) is 7.27. The van der Waals surface area contributed by atoms with E-state index in [9.17, 15) is 14.4 Å². The summed E-state index contributed by atoms with van der Waals surface area (Å²) in [5.74, 6) is -0.744. The molecule has 0 aliphatic heterocycles. The third kappa shape index (κ3) is 1.94. The number of aliphatic carboxylic acids is 1. The summed E-state index contributed by atoms with van der Waals surface area (Å²) in [5.41, 5.74) is 0.755. The molecule has 0 fully saturated rings. The first-order chi connectivity index (χ1) is 11.3. The largest absolute Gasteiger partial charge is 0.480 e. The lowest BCUT2D eigenvalue weighted by molar-refractivity contribution is -0.137. The van der Waals surface area contributed by atoms with E-state index in [4.69, 9.17) is 5.11 Å². The molecule has 0 bridgehead atoms. The fraction of sp³-hybridized carbons (Fsp3) is 0.333. The molecule has 0 aliphatic rings. The molecule has 0 saturated carbocycles. The average Bonchev–Trinajstić information content (AvgIpc) is 3.02. The summed E-state index contributed by atoms with van der Waals surface area (Å²) >= 11 is 0. The number of carbonyl (C=O) groups is 1. The zero-order valence-corrected chi connectivity index (χ0v) is 13.6. The molecule has 3 rings (SSSR count). The standard InChI is InChI=1S/C15H17N5O4/c1-5-6-18-8(2)9(3)20-11-12(16-14(18)20)17(4)15(24)19(13(11)23)7-10(21)22/h5H,1,6-7H2,2-4H3,(H,21,22). The molecule has 0 radical (unpaired) electrons. The van der Waals surface area contributed by atoms with Crippen LogP contribution in [-0.2, 0) is 24.9 Å². The second-order valence-corrected chi connectivity index (χ2v) is 5.62. The highest BCUT2D eigenvalue weighted by Crippen LogP contribution is 2.20. The van der Waals surface area contributed by atoms with Crippen LogP contribution in [0.4, 0.5) is 0 Å². The second-order valence-electron chi connectivity index (χ2n) is 5.62. The van der Waals surface area contributed by atoms with E-state index in [1.807, 2.05) is 18.4 Å². The van der Waals surface area contributed by atoms with Crippen molar-refractivity contribution in [2.24, 2.45) is 7.05 Å². The maximum atomic E-state index is 12.7. The minimum atomic E-state index is -1.26. The molecule has 0 atom stereocenters. The maximum Gasteiger partial charge on any atom is 0.333 e. The Balaban J connectivity index is 2.56. The number of aromatic nitrogens is 5. The Morgan fingerprint density at radius 3 is 2.50 bits per heavy atom. The highest BCUT2D eigenvalue weighted by Gasteiger charge is 2.22. The van der Waals surface area contributed by atoms with Crippen molar-refractivity contribution in [3.8, 4) is 0 Å². The van der Waals surface area contributed by atoms with Gasteiger partial charge in [0, 0.05) is 25.0 Å². The number of hydrogen-bond acceptors (Lipinski definition) is 4. The van der Waals surface area contributed by atoms with E-state index in [1.165, 1.54) is 11.6 Å². The van der Waals surface area contributed by atoms with Crippen molar-refractivity contribution in [2.45, 2.75) is 26.9 Å². The molecule has 1 N–H and O–H groups in total. The monoisotopic (exact) mass is 331 g/mol. The molecule has 3 heterocycles. The van der Waals surface area contributed by atoms with E-state index in [1.54, 1.807) is 10.5 Å². The minimum absolute atomic E-state index is 0.191. The molecule has 9 nitrogen and oxygen atoms in total. The van der Waals surface area contributed by atoms with Gasteiger partial charge in [-0.1, -0.05) is 6.08 Å². The van der Waals surface area contributed by atoms with Gasteiger partial charge in [0.05, 0.1) is 0 Å². The van der Waals surface area contributed by atoms with Crippen molar-refractivity contribution >= 4 is 22.9 Å². The molecule has 3 aromatic rings. The van der Waals surface area contributed by atoms with E-state index in [-0.39, 0.29) is 11.2 Å². The second kappa shape index (κ2) is 5.22. The predicted octanol–water partition coefficient (Wildman–Crippen LogP) is 0.0368. The highest BCUT2D eigenvalue weighted by atomic mass is 16.4. The molecule has 0 saturated heterocycles. The normalized spacial score (nSPS) is 11.5. The zero-order chi connectivity index (χ0) is 17.8. The van der Waals surface area contributed by atoms with Crippen LogP contribution in [0.15, 0.2) is 22.2 Å². The number of carboxylic acid groups (broad SMARTS) is 1. The topological polar surface area (TPSA) is 104 Å². The van der Waals surface area contributed by atoms with Gasteiger partial charge in [0.25, 0.3) is 5.56 Å². The Labute approximate surface area is 135 Å². The first-order valence-electron chi connectivity index (χ1n) is 7.30. The summed E-state index contributed by atoms with van der Waals surface area (Å²) in [6, 6.07) is 0. The third-order valence-corrected chi connectivity index (χ3v) is 4.23. The molecule has 0 spiro atoms. The molecular formula is C15H17N5O4. The Morgan fingerprint density at radius 1 is 1.25 bits per heavy atom. The van der Waals surface area contributed by atoms with E-state index >= 15 is 0 Å². The van der Waals surface area contributed by atoms with Crippen LogP contribution in [0.25, 0.3) is 16.9 Å². The van der Waals surface area contributed by atoms with Gasteiger partial charge in [-0.15, -0.1) is 6.58 Å². The van der Waals surface area contributed by atoms with Crippen molar-refractivity contribution in [3.63, 3.8) is 0 Å². The molecule has 0 amide bonds. The van der Waals surface area contributed by atoms with Crippen LogP contribution < -0.4 is 11.2 Å². The van der Waals surface area contributed by atoms with Gasteiger partial charge in [0.2, 0.25) is 5.78 Å². The van der Waals surface area contributed by atoms with Crippen molar-refractivity contribution in [3.05, 3.63) is 44.9 Å². The summed E-state index contributed by atoms with van der Waals surface area (Å²) in [4.78, 5) is 40.5. The molecule has 0 aromatic carbocycles. The number of aryl methyl sites for hydroxylation is 2. The van der Waals surface area contributed by atoms with E-state index in [2.05, 4.69) is 11.6 Å². The Morgan fingerprint density at radius 2 is 1.92 bits per heavy atom. The lowest BCUT2D eigenvalue weighted by Crippen LogP contribution is -2.41. The number of imidazole rings is 2. The van der Waals surface area contributed by atoms with Gasteiger partial charge in [-0.3, -0.25) is 18.6 Å². The lowest BCUT2D eigenvalue weighted by Gasteiger charge is -2.06. The van der Waals surface area contributed by atoms with Gasteiger partial charge in [0.15, 0.2) is 11.2 Å². The van der Waals surface area contributed by atoms with Gasteiger partial charge in [-0.05, 0) is 13.8 Å². The summed E-state index contributed by atoms with van der Waals surface area (Å²) in [6.07, 6.45) is 1.72. The molecular weight excluding hydrogens is 314 g/mol. The van der Waals surface area contributed by atoms with Gasteiger partial charge >= 0.3 is 11.7 Å². The first kappa shape index (κ1) is 15.8.